The first kappa shape index (κ1) is 15.8. The zero-order valence-electron chi connectivity index (χ0n) is 10.8. The molecule has 1 aliphatic heterocycles. The first-order valence-corrected chi connectivity index (χ1v) is 7.60. The molecule has 1 unspecified atom stereocenters. The van der Waals surface area contributed by atoms with E-state index in [9.17, 15) is 14.4 Å². The molecule has 0 saturated carbocycles. The van der Waals surface area contributed by atoms with Crippen molar-refractivity contribution >= 4 is 29.7 Å². The van der Waals surface area contributed by atoms with E-state index in [1.807, 2.05) is 11.8 Å². The van der Waals surface area contributed by atoms with Crippen molar-refractivity contribution in [3.8, 4) is 0 Å². The summed E-state index contributed by atoms with van der Waals surface area (Å²) in [5.41, 5.74) is 0. The average molecular weight is 288 g/mol. The molecule has 0 aromatic carbocycles. The first-order valence-electron chi connectivity index (χ1n) is 6.45. The van der Waals surface area contributed by atoms with E-state index in [-0.39, 0.29) is 18.7 Å². The van der Waals surface area contributed by atoms with Gasteiger partial charge in [-0.05, 0) is 36.7 Å². The van der Waals surface area contributed by atoms with Gasteiger partial charge in [-0.2, -0.15) is 11.8 Å². The minimum atomic E-state index is -0.868. The van der Waals surface area contributed by atoms with Crippen LogP contribution in [-0.4, -0.2) is 41.1 Å². The lowest BCUT2D eigenvalue weighted by Gasteiger charge is -2.10. The number of carboxylic acid groups (broad SMARTS) is 1. The van der Waals surface area contributed by atoms with Crippen LogP contribution in [0.2, 0.25) is 0 Å². The van der Waals surface area contributed by atoms with Gasteiger partial charge in [0.25, 0.3) is 0 Å². The normalized spacial score (nSPS) is 18.0. The van der Waals surface area contributed by atoms with Crippen molar-refractivity contribution in [2.45, 2.75) is 32.1 Å². The summed E-state index contributed by atoms with van der Waals surface area (Å²) in [5, 5.41) is 13.4. The fraction of sp³-hybridized carbons (Fsp3) is 0.750. The third kappa shape index (κ3) is 7.71. The van der Waals surface area contributed by atoms with Crippen molar-refractivity contribution in [2.24, 2.45) is 5.92 Å². The van der Waals surface area contributed by atoms with E-state index >= 15 is 0 Å². The van der Waals surface area contributed by atoms with E-state index in [2.05, 4.69) is 10.6 Å². The van der Waals surface area contributed by atoms with Crippen LogP contribution in [0.15, 0.2) is 0 Å². The van der Waals surface area contributed by atoms with Gasteiger partial charge in [0.1, 0.15) is 0 Å². The average Bonchev–Trinajstić information content (AvgIpc) is 2.85. The van der Waals surface area contributed by atoms with E-state index in [1.54, 1.807) is 0 Å². The van der Waals surface area contributed by atoms with Crippen LogP contribution < -0.4 is 10.6 Å². The zero-order chi connectivity index (χ0) is 14.1. The molecule has 0 aromatic heterocycles. The number of nitrogens with one attached hydrogen (secondary N) is 2. The first-order chi connectivity index (χ1) is 9.08. The summed E-state index contributed by atoms with van der Waals surface area (Å²) >= 11 is 1.88. The molecule has 1 saturated heterocycles. The summed E-state index contributed by atoms with van der Waals surface area (Å²) in [4.78, 5) is 33.0. The molecule has 0 aromatic rings. The van der Waals surface area contributed by atoms with Crippen molar-refractivity contribution < 1.29 is 19.5 Å². The molecule has 1 fully saturated rings. The van der Waals surface area contributed by atoms with Crippen LogP contribution in [-0.2, 0) is 9.59 Å². The molecule has 19 heavy (non-hydrogen) atoms. The minimum Gasteiger partial charge on any atom is -0.481 e. The SMILES string of the molecule is O=C(O)CCCCC(=O)NC(=O)NCC1CCSC1. The number of rotatable bonds is 7. The number of carbonyl (C=O) groups is 3. The molecule has 1 rings (SSSR count). The van der Waals surface area contributed by atoms with Crippen molar-refractivity contribution in [3.63, 3.8) is 0 Å². The maximum atomic E-state index is 11.4. The fourth-order valence-corrected chi connectivity index (χ4v) is 3.06. The molecule has 1 aliphatic rings. The Kier molecular flexibility index (Phi) is 7.32. The van der Waals surface area contributed by atoms with Crippen LogP contribution in [0.3, 0.4) is 0 Å². The molecule has 3 amide bonds. The van der Waals surface area contributed by atoms with Gasteiger partial charge < -0.3 is 10.4 Å². The second-order valence-corrected chi connectivity index (χ2v) is 5.74. The van der Waals surface area contributed by atoms with E-state index < -0.39 is 12.0 Å². The summed E-state index contributed by atoms with van der Waals surface area (Å²) in [6.07, 6.45) is 2.27. The Morgan fingerprint density at radius 1 is 1.21 bits per heavy atom. The Labute approximate surface area is 116 Å². The lowest BCUT2D eigenvalue weighted by atomic mass is 10.1. The van der Waals surface area contributed by atoms with E-state index in [0.29, 0.717) is 25.3 Å². The van der Waals surface area contributed by atoms with Crippen LogP contribution in [0, 0.1) is 5.92 Å². The smallest absolute Gasteiger partial charge is 0.321 e. The highest BCUT2D eigenvalue weighted by atomic mass is 32.2. The summed E-state index contributed by atoms with van der Waals surface area (Å²) in [6.45, 7) is 0.602. The highest BCUT2D eigenvalue weighted by Gasteiger charge is 2.16. The quantitative estimate of drug-likeness (QED) is 0.612. The molecule has 6 nitrogen and oxygen atoms in total. The Hall–Kier alpha value is -1.24. The van der Waals surface area contributed by atoms with Gasteiger partial charge in [0.2, 0.25) is 5.91 Å². The Morgan fingerprint density at radius 3 is 2.58 bits per heavy atom. The molecule has 0 bridgehead atoms. The van der Waals surface area contributed by atoms with Gasteiger partial charge in [-0.25, -0.2) is 4.79 Å². The Balaban J connectivity index is 2.03. The number of urea groups is 1. The van der Waals surface area contributed by atoms with Gasteiger partial charge >= 0.3 is 12.0 Å². The second kappa shape index (κ2) is 8.79. The third-order valence-corrected chi connectivity index (χ3v) is 4.10. The third-order valence-electron chi connectivity index (χ3n) is 2.87. The van der Waals surface area contributed by atoms with Crippen LogP contribution in [0.4, 0.5) is 4.79 Å². The number of thioether (sulfide) groups is 1. The Bertz CT molecular complexity index is 330. The molecule has 0 radical (unpaired) electrons. The standard InChI is InChI=1S/C12H20N2O4S/c15-10(3-1-2-4-11(16)17)14-12(18)13-7-9-5-6-19-8-9/h9H,1-8H2,(H,16,17)(H2,13,14,15,18). The van der Waals surface area contributed by atoms with Gasteiger partial charge in [0.05, 0.1) is 0 Å². The molecule has 108 valence electrons. The number of imide groups is 1. The largest absolute Gasteiger partial charge is 0.481 e. The maximum Gasteiger partial charge on any atom is 0.321 e. The number of unbranched alkanes of at least 4 members (excludes halogenated alkanes) is 1. The highest BCUT2D eigenvalue weighted by Crippen LogP contribution is 2.22. The fourth-order valence-electron chi connectivity index (χ4n) is 1.78. The number of carboxylic acids is 1. The lowest BCUT2D eigenvalue weighted by Crippen LogP contribution is -2.41. The van der Waals surface area contributed by atoms with Crippen molar-refractivity contribution in [1.82, 2.24) is 10.6 Å². The molecular weight excluding hydrogens is 268 g/mol. The number of aliphatic carboxylic acids is 1. The molecule has 0 aliphatic carbocycles. The molecule has 3 N–H and O–H groups in total. The summed E-state index contributed by atoms with van der Waals surface area (Å²) in [7, 11) is 0. The van der Waals surface area contributed by atoms with Crippen molar-refractivity contribution in [1.29, 1.82) is 0 Å². The van der Waals surface area contributed by atoms with Gasteiger partial charge in [-0.15, -0.1) is 0 Å². The van der Waals surface area contributed by atoms with Gasteiger partial charge in [0.15, 0.2) is 0 Å². The summed E-state index contributed by atoms with van der Waals surface area (Å²) in [6, 6.07) is -0.458. The minimum absolute atomic E-state index is 0.0544. The van der Waals surface area contributed by atoms with Crippen LogP contribution in [0.1, 0.15) is 32.1 Å². The molecular formula is C12H20N2O4S. The summed E-state index contributed by atoms with van der Waals surface area (Å²) in [5.74, 6) is 1.47. The monoisotopic (exact) mass is 288 g/mol. The molecule has 7 heteroatoms. The zero-order valence-corrected chi connectivity index (χ0v) is 11.6. The predicted molar refractivity (Wildman–Crippen MR) is 73.1 cm³/mol. The van der Waals surface area contributed by atoms with Crippen LogP contribution in [0.25, 0.3) is 0 Å². The van der Waals surface area contributed by atoms with Crippen LogP contribution >= 0.6 is 11.8 Å². The number of hydrogen-bond donors (Lipinski definition) is 3. The predicted octanol–water partition coefficient (Wildman–Crippen LogP) is 1.21. The number of amides is 3. The Morgan fingerprint density at radius 2 is 1.95 bits per heavy atom. The topological polar surface area (TPSA) is 95.5 Å². The maximum absolute atomic E-state index is 11.4. The second-order valence-electron chi connectivity index (χ2n) is 4.59. The van der Waals surface area contributed by atoms with Gasteiger partial charge in [-0.1, -0.05) is 0 Å². The number of carbonyl (C=O) groups excluding carboxylic acids is 2. The van der Waals surface area contributed by atoms with E-state index in [1.165, 1.54) is 0 Å². The van der Waals surface area contributed by atoms with Crippen molar-refractivity contribution in [3.05, 3.63) is 0 Å². The van der Waals surface area contributed by atoms with Gasteiger partial charge in [-0.3, -0.25) is 14.9 Å². The summed E-state index contributed by atoms with van der Waals surface area (Å²) < 4.78 is 0. The van der Waals surface area contributed by atoms with E-state index in [4.69, 9.17) is 5.11 Å². The highest BCUT2D eigenvalue weighted by molar-refractivity contribution is 7.99. The number of hydrogen-bond acceptors (Lipinski definition) is 4. The molecule has 1 atom stereocenters. The van der Waals surface area contributed by atoms with Gasteiger partial charge in [0, 0.05) is 19.4 Å². The van der Waals surface area contributed by atoms with Crippen LogP contribution in [0.5, 0.6) is 0 Å². The molecule has 0 spiro atoms. The lowest BCUT2D eigenvalue weighted by molar-refractivity contribution is -0.137. The van der Waals surface area contributed by atoms with E-state index in [0.717, 1.165) is 17.9 Å². The van der Waals surface area contributed by atoms with Crippen molar-refractivity contribution in [2.75, 3.05) is 18.1 Å². The molecule has 1 heterocycles.